The van der Waals surface area contributed by atoms with Crippen molar-refractivity contribution >= 4 is 11.8 Å². The summed E-state index contributed by atoms with van der Waals surface area (Å²) in [4.78, 5) is 0. The van der Waals surface area contributed by atoms with E-state index in [2.05, 4.69) is 24.3 Å². The summed E-state index contributed by atoms with van der Waals surface area (Å²) >= 11 is 1.96. The fraction of sp³-hybridized carbons (Fsp3) is 0.538. The number of benzene rings is 1. The van der Waals surface area contributed by atoms with Gasteiger partial charge in [-0.25, -0.2) is 0 Å². The van der Waals surface area contributed by atoms with Crippen LogP contribution < -0.4 is 5.73 Å². The van der Waals surface area contributed by atoms with Crippen LogP contribution in [0.2, 0.25) is 0 Å². The smallest absolute Gasteiger partial charge is 0.0611 e. The summed E-state index contributed by atoms with van der Waals surface area (Å²) in [6.45, 7) is 0.120. The first-order chi connectivity index (χ1) is 7.72. The summed E-state index contributed by atoms with van der Waals surface area (Å²) in [6, 6.07) is 10.5. The number of rotatable bonds is 4. The number of thioether (sulfide) groups is 1. The predicted octanol–water partition coefficient (Wildman–Crippen LogP) is 2.16. The van der Waals surface area contributed by atoms with Crippen molar-refractivity contribution in [2.24, 2.45) is 5.73 Å². The maximum Gasteiger partial charge on any atom is 0.0611 e. The van der Waals surface area contributed by atoms with Crippen LogP contribution in [-0.4, -0.2) is 22.5 Å². The largest absolute Gasteiger partial charge is 0.394 e. The highest BCUT2D eigenvalue weighted by Gasteiger charge is 2.35. The molecule has 1 aromatic carbocycles. The van der Waals surface area contributed by atoms with E-state index in [0.717, 1.165) is 25.0 Å². The fourth-order valence-corrected chi connectivity index (χ4v) is 3.54. The van der Waals surface area contributed by atoms with Gasteiger partial charge in [0.25, 0.3) is 0 Å². The Balaban J connectivity index is 1.80. The SMILES string of the molecule is NC1(CO)CCC(SCc2ccccc2)C1. The number of nitrogens with two attached hydrogens (primary N) is 1. The molecule has 3 heteroatoms. The molecule has 1 aliphatic rings. The van der Waals surface area contributed by atoms with Gasteiger partial charge in [0.2, 0.25) is 0 Å². The van der Waals surface area contributed by atoms with Crippen molar-refractivity contribution in [3.05, 3.63) is 35.9 Å². The minimum Gasteiger partial charge on any atom is -0.394 e. The van der Waals surface area contributed by atoms with Gasteiger partial charge in [-0.1, -0.05) is 30.3 Å². The van der Waals surface area contributed by atoms with Crippen molar-refractivity contribution in [2.45, 2.75) is 35.8 Å². The van der Waals surface area contributed by atoms with Gasteiger partial charge >= 0.3 is 0 Å². The van der Waals surface area contributed by atoms with Crippen LogP contribution >= 0.6 is 11.8 Å². The molecular formula is C13H19NOS. The second-order valence-electron chi connectivity index (χ2n) is 4.68. The van der Waals surface area contributed by atoms with Crippen LogP contribution in [0.15, 0.2) is 30.3 Å². The topological polar surface area (TPSA) is 46.2 Å². The van der Waals surface area contributed by atoms with Crippen LogP contribution in [0.25, 0.3) is 0 Å². The highest BCUT2D eigenvalue weighted by atomic mass is 32.2. The molecule has 0 aromatic heterocycles. The first-order valence-electron chi connectivity index (χ1n) is 5.77. The molecule has 1 aliphatic carbocycles. The van der Waals surface area contributed by atoms with Crippen molar-refractivity contribution in [2.75, 3.05) is 6.61 Å². The third-order valence-electron chi connectivity index (χ3n) is 3.24. The summed E-state index contributed by atoms with van der Waals surface area (Å²) in [6.07, 6.45) is 3.03. The molecule has 0 saturated heterocycles. The highest BCUT2D eigenvalue weighted by Crippen LogP contribution is 2.36. The van der Waals surface area contributed by atoms with Gasteiger partial charge in [-0.15, -0.1) is 0 Å². The van der Waals surface area contributed by atoms with Crippen molar-refractivity contribution < 1.29 is 5.11 Å². The molecule has 0 spiro atoms. The maximum atomic E-state index is 9.19. The molecule has 3 N–H and O–H groups in total. The average Bonchev–Trinajstić information content (AvgIpc) is 2.71. The number of aliphatic hydroxyl groups excluding tert-OH is 1. The van der Waals surface area contributed by atoms with E-state index >= 15 is 0 Å². The monoisotopic (exact) mass is 237 g/mol. The van der Waals surface area contributed by atoms with E-state index < -0.39 is 0 Å². The first kappa shape index (κ1) is 12.0. The van der Waals surface area contributed by atoms with E-state index in [4.69, 9.17) is 5.73 Å². The highest BCUT2D eigenvalue weighted by molar-refractivity contribution is 7.99. The summed E-state index contributed by atoms with van der Waals surface area (Å²) in [5.41, 5.74) is 7.11. The fourth-order valence-electron chi connectivity index (χ4n) is 2.18. The Kier molecular flexibility index (Phi) is 3.90. The number of hydrogen-bond acceptors (Lipinski definition) is 3. The quantitative estimate of drug-likeness (QED) is 0.843. The number of hydrogen-bond donors (Lipinski definition) is 2. The molecule has 1 saturated carbocycles. The van der Waals surface area contributed by atoms with E-state index in [1.807, 2.05) is 17.8 Å². The van der Waals surface area contributed by atoms with Gasteiger partial charge in [0.05, 0.1) is 6.61 Å². The van der Waals surface area contributed by atoms with E-state index in [-0.39, 0.29) is 12.1 Å². The third kappa shape index (κ3) is 3.00. The standard InChI is InChI=1S/C13H19NOS/c14-13(10-15)7-6-12(8-13)16-9-11-4-2-1-3-5-11/h1-5,12,15H,6-10,14H2. The van der Waals surface area contributed by atoms with Gasteiger partial charge in [0.1, 0.15) is 0 Å². The lowest BCUT2D eigenvalue weighted by molar-refractivity contribution is 0.200. The zero-order valence-corrected chi connectivity index (χ0v) is 10.2. The minimum absolute atomic E-state index is 0.120. The van der Waals surface area contributed by atoms with Crippen molar-refractivity contribution in [1.82, 2.24) is 0 Å². The molecule has 0 amide bonds. The van der Waals surface area contributed by atoms with Gasteiger partial charge in [-0.3, -0.25) is 0 Å². The molecule has 0 heterocycles. The van der Waals surface area contributed by atoms with Gasteiger partial charge in [-0.05, 0) is 24.8 Å². The van der Waals surface area contributed by atoms with E-state index in [0.29, 0.717) is 5.25 Å². The maximum absolute atomic E-state index is 9.19. The summed E-state index contributed by atoms with van der Waals surface area (Å²) in [5, 5.41) is 9.80. The molecule has 2 unspecified atom stereocenters. The van der Waals surface area contributed by atoms with Gasteiger partial charge in [0, 0.05) is 16.5 Å². The Bertz CT molecular complexity index is 330. The Morgan fingerprint density at radius 2 is 2.12 bits per heavy atom. The molecule has 2 nitrogen and oxygen atoms in total. The van der Waals surface area contributed by atoms with E-state index in [9.17, 15) is 5.11 Å². The molecule has 1 aromatic rings. The Morgan fingerprint density at radius 1 is 1.38 bits per heavy atom. The zero-order chi connectivity index (χ0) is 11.4. The molecule has 1 fully saturated rings. The third-order valence-corrected chi connectivity index (χ3v) is 4.62. The van der Waals surface area contributed by atoms with Crippen LogP contribution in [0.4, 0.5) is 0 Å². The van der Waals surface area contributed by atoms with Crippen LogP contribution in [-0.2, 0) is 5.75 Å². The van der Waals surface area contributed by atoms with Gasteiger partial charge in [-0.2, -0.15) is 11.8 Å². The van der Waals surface area contributed by atoms with Crippen molar-refractivity contribution in [3.63, 3.8) is 0 Å². The molecule has 0 bridgehead atoms. The Hall–Kier alpha value is -0.510. The van der Waals surface area contributed by atoms with E-state index in [1.54, 1.807) is 0 Å². The summed E-state index contributed by atoms with van der Waals surface area (Å²) in [5.74, 6) is 1.05. The van der Waals surface area contributed by atoms with Crippen LogP contribution in [0.5, 0.6) is 0 Å². The Labute approximate surface area is 101 Å². The predicted molar refractivity (Wildman–Crippen MR) is 69.4 cm³/mol. The minimum atomic E-state index is -0.311. The normalized spacial score (nSPS) is 29.5. The van der Waals surface area contributed by atoms with Crippen LogP contribution in [0.3, 0.4) is 0 Å². The molecule has 0 aliphatic heterocycles. The zero-order valence-electron chi connectivity index (χ0n) is 9.43. The summed E-state index contributed by atoms with van der Waals surface area (Å²) in [7, 11) is 0. The van der Waals surface area contributed by atoms with Gasteiger partial charge in [0.15, 0.2) is 0 Å². The molecule has 88 valence electrons. The van der Waals surface area contributed by atoms with E-state index in [1.165, 1.54) is 5.56 Å². The van der Waals surface area contributed by atoms with Crippen molar-refractivity contribution in [1.29, 1.82) is 0 Å². The van der Waals surface area contributed by atoms with Crippen LogP contribution in [0, 0.1) is 0 Å². The van der Waals surface area contributed by atoms with Crippen molar-refractivity contribution in [3.8, 4) is 0 Å². The van der Waals surface area contributed by atoms with Crippen LogP contribution in [0.1, 0.15) is 24.8 Å². The lowest BCUT2D eigenvalue weighted by Crippen LogP contribution is -2.40. The number of aliphatic hydroxyl groups is 1. The first-order valence-corrected chi connectivity index (χ1v) is 6.82. The lowest BCUT2D eigenvalue weighted by atomic mass is 10.0. The average molecular weight is 237 g/mol. The summed E-state index contributed by atoms with van der Waals surface area (Å²) < 4.78 is 0. The molecular weight excluding hydrogens is 218 g/mol. The second-order valence-corrected chi connectivity index (χ2v) is 5.97. The molecule has 0 radical (unpaired) electrons. The molecule has 16 heavy (non-hydrogen) atoms. The Morgan fingerprint density at radius 3 is 2.75 bits per heavy atom. The van der Waals surface area contributed by atoms with Gasteiger partial charge < -0.3 is 10.8 Å². The molecule has 2 atom stereocenters. The molecule has 2 rings (SSSR count). The second kappa shape index (κ2) is 5.21. The lowest BCUT2D eigenvalue weighted by Gasteiger charge is -2.20.